The summed E-state index contributed by atoms with van der Waals surface area (Å²) < 4.78 is 95.5. The summed E-state index contributed by atoms with van der Waals surface area (Å²) in [5, 5.41) is 6.17. The molecule has 2 fully saturated rings. The number of hydrogen-bond acceptors (Lipinski definition) is 5. The van der Waals surface area contributed by atoms with Gasteiger partial charge in [-0.3, -0.25) is 14.4 Å². The lowest BCUT2D eigenvalue weighted by Gasteiger charge is -2.50. The van der Waals surface area contributed by atoms with Gasteiger partial charge in [-0.15, -0.1) is 12.4 Å². The van der Waals surface area contributed by atoms with Gasteiger partial charge in [0.25, 0.3) is 15.9 Å². The van der Waals surface area contributed by atoms with Crippen molar-refractivity contribution >= 4 is 39.9 Å². The summed E-state index contributed by atoms with van der Waals surface area (Å²) in [6, 6.07) is 3.78. The SMILES string of the molecule is Cl.Cn1ccc(S(=O)(=O)N2CCN(C3(CNC(=O)c4ccc(C(F)(F)F)cc4Cl)CCC(F)(F)CC3)CC2)n1. The first kappa shape index (κ1) is 31.5. The number of benzene rings is 1. The van der Waals surface area contributed by atoms with Crippen LogP contribution in [0.2, 0.25) is 5.02 Å². The number of aryl methyl sites for hydroxylation is 1. The maximum Gasteiger partial charge on any atom is 0.416 e. The highest BCUT2D eigenvalue weighted by atomic mass is 35.5. The normalized spacial score (nSPS) is 20.3. The topological polar surface area (TPSA) is 87.5 Å². The Balaban J connectivity index is 0.00000420. The predicted octanol–water partition coefficient (Wildman–Crippen LogP) is 4.20. The summed E-state index contributed by atoms with van der Waals surface area (Å²) in [4.78, 5) is 14.7. The van der Waals surface area contributed by atoms with Gasteiger partial charge in [-0.2, -0.15) is 22.6 Å². The van der Waals surface area contributed by atoms with Crippen LogP contribution in [0.3, 0.4) is 0 Å². The average molecular weight is 620 g/mol. The number of nitrogens with one attached hydrogen (secondary N) is 1. The molecule has 0 bridgehead atoms. The van der Waals surface area contributed by atoms with Crippen molar-refractivity contribution in [2.75, 3.05) is 32.7 Å². The Morgan fingerprint density at radius 2 is 1.69 bits per heavy atom. The molecule has 2 aliphatic rings. The van der Waals surface area contributed by atoms with Gasteiger partial charge in [0.1, 0.15) is 0 Å². The molecule has 0 unspecified atom stereocenters. The Labute approximate surface area is 233 Å². The van der Waals surface area contributed by atoms with Crippen LogP contribution in [0.4, 0.5) is 22.0 Å². The first-order chi connectivity index (χ1) is 17.6. The van der Waals surface area contributed by atoms with Gasteiger partial charge >= 0.3 is 6.18 Å². The van der Waals surface area contributed by atoms with Gasteiger partial charge in [0.15, 0.2) is 5.03 Å². The zero-order valence-electron chi connectivity index (χ0n) is 20.8. The molecule has 2 heterocycles. The molecule has 1 aromatic carbocycles. The number of amides is 1. The molecule has 16 heteroatoms. The molecule has 1 amide bonds. The second kappa shape index (κ2) is 11.5. The van der Waals surface area contributed by atoms with E-state index in [9.17, 15) is 35.2 Å². The Morgan fingerprint density at radius 1 is 1.08 bits per heavy atom. The molecule has 0 atom stereocenters. The number of alkyl halides is 5. The van der Waals surface area contributed by atoms with E-state index in [2.05, 4.69) is 10.4 Å². The minimum atomic E-state index is -4.62. The molecule has 1 aliphatic heterocycles. The number of carbonyl (C=O) groups excluding carboxylic acids is 1. The monoisotopic (exact) mass is 619 g/mol. The van der Waals surface area contributed by atoms with E-state index in [4.69, 9.17) is 11.6 Å². The van der Waals surface area contributed by atoms with Crippen LogP contribution in [0.1, 0.15) is 41.6 Å². The number of carbonyl (C=O) groups is 1. The van der Waals surface area contributed by atoms with E-state index in [0.717, 1.165) is 12.1 Å². The van der Waals surface area contributed by atoms with Gasteiger partial charge < -0.3 is 5.32 Å². The predicted molar refractivity (Wildman–Crippen MR) is 136 cm³/mol. The van der Waals surface area contributed by atoms with Crippen molar-refractivity contribution in [2.45, 2.75) is 48.3 Å². The molecule has 1 aliphatic carbocycles. The molecular formula is C23H28Cl2F5N5O3S. The van der Waals surface area contributed by atoms with Crippen molar-refractivity contribution in [1.82, 2.24) is 24.3 Å². The summed E-state index contributed by atoms with van der Waals surface area (Å²) in [5.41, 5.74) is -2.04. The number of nitrogens with zero attached hydrogens (tertiary/aromatic N) is 4. The maximum absolute atomic E-state index is 14.1. The van der Waals surface area contributed by atoms with Gasteiger partial charge in [0, 0.05) is 64.3 Å². The molecule has 8 nitrogen and oxygen atoms in total. The van der Waals surface area contributed by atoms with Crippen LogP contribution in [0.5, 0.6) is 0 Å². The van der Waals surface area contributed by atoms with Crippen LogP contribution >= 0.6 is 24.0 Å². The number of aromatic nitrogens is 2. The summed E-state index contributed by atoms with van der Waals surface area (Å²) in [5.74, 6) is -3.58. The lowest BCUT2D eigenvalue weighted by molar-refractivity contribution is -0.137. The van der Waals surface area contributed by atoms with Crippen molar-refractivity contribution < 1.29 is 35.2 Å². The molecule has 4 rings (SSSR count). The van der Waals surface area contributed by atoms with Crippen LogP contribution in [-0.2, 0) is 23.2 Å². The second-order valence-electron chi connectivity index (χ2n) is 9.67. The highest BCUT2D eigenvalue weighted by Gasteiger charge is 2.48. The summed E-state index contributed by atoms with van der Waals surface area (Å²) in [7, 11) is -2.22. The van der Waals surface area contributed by atoms with Gasteiger partial charge in [0.05, 0.1) is 16.1 Å². The molecule has 1 saturated carbocycles. The van der Waals surface area contributed by atoms with Crippen molar-refractivity contribution in [3.05, 3.63) is 46.6 Å². The van der Waals surface area contributed by atoms with E-state index in [1.54, 1.807) is 7.05 Å². The third kappa shape index (κ3) is 6.84. The lowest BCUT2D eigenvalue weighted by atomic mass is 9.78. The van der Waals surface area contributed by atoms with Crippen LogP contribution in [-0.4, -0.2) is 77.5 Å². The fourth-order valence-corrected chi connectivity index (χ4v) is 6.61. The fraction of sp³-hybridized carbons (Fsp3) is 0.565. The highest BCUT2D eigenvalue weighted by molar-refractivity contribution is 7.89. The van der Waals surface area contributed by atoms with Crippen molar-refractivity contribution in [3.8, 4) is 0 Å². The quantitative estimate of drug-likeness (QED) is 0.490. The van der Waals surface area contributed by atoms with Gasteiger partial charge in [-0.25, -0.2) is 17.2 Å². The minimum Gasteiger partial charge on any atom is -0.350 e. The van der Waals surface area contributed by atoms with E-state index in [1.165, 1.54) is 21.3 Å². The van der Waals surface area contributed by atoms with Crippen molar-refractivity contribution in [3.63, 3.8) is 0 Å². The van der Waals surface area contributed by atoms with Gasteiger partial charge in [0.2, 0.25) is 5.92 Å². The molecule has 39 heavy (non-hydrogen) atoms. The zero-order chi connectivity index (χ0) is 27.9. The molecule has 2 aromatic rings. The molecule has 1 aromatic heterocycles. The zero-order valence-corrected chi connectivity index (χ0v) is 23.2. The van der Waals surface area contributed by atoms with Crippen LogP contribution in [0.25, 0.3) is 0 Å². The number of hydrogen-bond donors (Lipinski definition) is 1. The van der Waals surface area contributed by atoms with E-state index in [0.29, 0.717) is 6.07 Å². The molecular weight excluding hydrogens is 592 g/mol. The first-order valence-corrected chi connectivity index (χ1v) is 13.7. The number of rotatable bonds is 6. The van der Waals surface area contributed by atoms with Gasteiger partial charge in [-0.05, 0) is 37.1 Å². The smallest absolute Gasteiger partial charge is 0.350 e. The Kier molecular flexibility index (Phi) is 9.27. The lowest BCUT2D eigenvalue weighted by Crippen LogP contribution is -2.63. The average Bonchev–Trinajstić information content (AvgIpc) is 3.30. The van der Waals surface area contributed by atoms with Crippen molar-refractivity contribution in [1.29, 1.82) is 0 Å². The summed E-state index contributed by atoms with van der Waals surface area (Å²) in [6.45, 7) is 0.654. The largest absolute Gasteiger partial charge is 0.416 e. The van der Waals surface area contributed by atoms with Crippen LogP contribution < -0.4 is 5.32 Å². The third-order valence-electron chi connectivity index (χ3n) is 7.23. The van der Waals surface area contributed by atoms with E-state index < -0.39 is 52.0 Å². The number of piperazine rings is 1. The molecule has 1 N–H and O–H groups in total. The Hall–Kier alpha value is -2.00. The fourth-order valence-electron chi connectivity index (χ4n) is 4.97. The van der Waals surface area contributed by atoms with Crippen molar-refractivity contribution in [2.24, 2.45) is 7.05 Å². The molecule has 0 spiro atoms. The minimum absolute atomic E-state index is 0. The first-order valence-electron chi connectivity index (χ1n) is 11.9. The summed E-state index contributed by atoms with van der Waals surface area (Å²) in [6.07, 6.45) is -3.82. The highest BCUT2D eigenvalue weighted by Crippen LogP contribution is 2.42. The molecule has 1 saturated heterocycles. The molecule has 218 valence electrons. The second-order valence-corrected chi connectivity index (χ2v) is 12.0. The van der Waals surface area contributed by atoms with E-state index in [1.807, 2.05) is 4.90 Å². The van der Waals surface area contributed by atoms with E-state index in [-0.39, 0.29) is 73.6 Å². The maximum atomic E-state index is 14.1. The van der Waals surface area contributed by atoms with E-state index >= 15 is 0 Å². The molecule has 0 radical (unpaired) electrons. The standard InChI is InChI=1S/C23H27ClF5N5O3S.ClH/c1-32-9-4-19(31-32)38(36,37)34-12-10-33(11-13-34)21(5-7-22(25,26)8-6-21)15-30-20(35)17-3-2-16(14-18(17)24)23(27,28)29;/h2-4,9,14H,5-8,10-13,15H2,1H3,(H,30,35);1H. The Bertz CT molecular complexity index is 1290. The third-order valence-corrected chi connectivity index (χ3v) is 9.34. The Morgan fingerprint density at radius 3 is 2.21 bits per heavy atom. The van der Waals surface area contributed by atoms with Crippen LogP contribution in [0.15, 0.2) is 35.5 Å². The summed E-state index contributed by atoms with van der Waals surface area (Å²) >= 11 is 5.94. The number of halogens is 7. The van der Waals surface area contributed by atoms with Gasteiger partial charge in [-0.1, -0.05) is 11.6 Å². The number of sulfonamides is 1. The van der Waals surface area contributed by atoms with Crippen LogP contribution in [0, 0.1) is 0 Å².